The van der Waals surface area contributed by atoms with Crippen molar-refractivity contribution < 1.29 is 0 Å². The van der Waals surface area contributed by atoms with Crippen molar-refractivity contribution in [2.24, 2.45) is 0 Å². The minimum absolute atomic E-state index is 0.483. The molecule has 1 aliphatic rings. The van der Waals surface area contributed by atoms with E-state index in [9.17, 15) is 0 Å². The van der Waals surface area contributed by atoms with E-state index >= 15 is 0 Å². The van der Waals surface area contributed by atoms with Crippen LogP contribution >= 0.6 is 0 Å². The number of nitrogen functional groups attached to an aromatic ring is 1. The molecule has 3 heterocycles. The quantitative estimate of drug-likeness (QED) is 0.513. The highest BCUT2D eigenvalue weighted by atomic mass is 15.3. The second-order valence-corrected chi connectivity index (χ2v) is 7.69. The molecule has 0 amide bonds. The van der Waals surface area contributed by atoms with E-state index in [1.54, 1.807) is 0 Å². The van der Waals surface area contributed by atoms with Gasteiger partial charge in [-0.3, -0.25) is 9.78 Å². The molecule has 0 spiro atoms. The van der Waals surface area contributed by atoms with Gasteiger partial charge in [0.2, 0.25) is 0 Å². The van der Waals surface area contributed by atoms with Gasteiger partial charge in [-0.05, 0) is 25.0 Å². The van der Waals surface area contributed by atoms with Crippen LogP contribution in [0.1, 0.15) is 38.1 Å². The van der Waals surface area contributed by atoms with Crippen molar-refractivity contribution in [3.63, 3.8) is 0 Å². The number of H-pyrrole nitrogens is 1. The highest BCUT2D eigenvalue weighted by Gasteiger charge is 2.17. The van der Waals surface area contributed by atoms with Gasteiger partial charge in [-0.2, -0.15) is 10.2 Å². The molecule has 6 nitrogen and oxygen atoms in total. The SMILES string of the molecule is Nc1ncc(-c2cnn(C3CCCCC3)c2)cc1-c1cc(-c2ccccc2)n[nH]1. The van der Waals surface area contributed by atoms with Crippen molar-refractivity contribution in [3.05, 3.63) is 61.1 Å². The Hall–Kier alpha value is -3.41. The number of nitrogens with zero attached hydrogens (tertiary/aromatic N) is 4. The maximum Gasteiger partial charge on any atom is 0.132 e. The smallest absolute Gasteiger partial charge is 0.132 e. The number of pyridine rings is 1. The molecule has 5 rings (SSSR count). The molecule has 0 bridgehead atoms. The summed E-state index contributed by atoms with van der Waals surface area (Å²) in [7, 11) is 0. The molecule has 1 fully saturated rings. The Balaban J connectivity index is 1.45. The third-order valence-electron chi connectivity index (χ3n) is 5.74. The molecule has 1 aromatic carbocycles. The number of nitrogens with two attached hydrogens (primary N) is 1. The fourth-order valence-electron chi connectivity index (χ4n) is 4.10. The van der Waals surface area contributed by atoms with Crippen LogP contribution in [0.5, 0.6) is 0 Å². The Bertz CT molecular complexity index is 1110. The molecule has 0 aliphatic heterocycles. The van der Waals surface area contributed by atoms with E-state index in [0.717, 1.165) is 33.6 Å². The minimum Gasteiger partial charge on any atom is -0.383 e. The molecule has 3 N–H and O–H groups in total. The number of benzene rings is 1. The monoisotopic (exact) mass is 384 g/mol. The molecule has 0 radical (unpaired) electrons. The van der Waals surface area contributed by atoms with Gasteiger partial charge in [0.15, 0.2) is 0 Å². The van der Waals surface area contributed by atoms with Crippen molar-refractivity contribution in [1.82, 2.24) is 25.0 Å². The second-order valence-electron chi connectivity index (χ2n) is 7.69. The number of nitrogens with one attached hydrogen (secondary N) is 1. The van der Waals surface area contributed by atoms with Crippen LogP contribution < -0.4 is 5.73 Å². The molecule has 0 unspecified atom stereocenters. The van der Waals surface area contributed by atoms with Gasteiger partial charge in [0, 0.05) is 34.6 Å². The molecule has 6 heteroatoms. The third kappa shape index (κ3) is 3.53. The van der Waals surface area contributed by atoms with E-state index in [1.165, 1.54) is 32.1 Å². The first-order valence-electron chi connectivity index (χ1n) is 10.2. The van der Waals surface area contributed by atoms with Gasteiger partial charge in [-0.25, -0.2) is 4.98 Å². The Morgan fingerprint density at radius 1 is 0.931 bits per heavy atom. The lowest BCUT2D eigenvalue weighted by Crippen LogP contribution is -2.12. The maximum atomic E-state index is 6.19. The van der Waals surface area contributed by atoms with Crippen LogP contribution in [-0.4, -0.2) is 25.0 Å². The lowest BCUT2D eigenvalue weighted by atomic mass is 9.96. The average molecular weight is 384 g/mol. The zero-order valence-corrected chi connectivity index (χ0v) is 16.3. The van der Waals surface area contributed by atoms with Crippen LogP contribution in [0, 0.1) is 0 Å². The number of rotatable bonds is 4. The van der Waals surface area contributed by atoms with Crippen LogP contribution in [0.15, 0.2) is 61.1 Å². The topological polar surface area (TPSA) is 85.4 Å². The zero-order valence-electron chi connectivity index (χ0n) is 16.3. The van der Waals surface area contributed by atoms with E-state index in [1.807, 2.05) is 48.8 Å². The largest absolute Gasteiger partial charge is 0.383 e. The number of aromatic nitrogens is 5. The van der Waals surface area contributed by atoms with Gasteiger partial charge in [-0.15, -0.1) is 0 Å². The van der Waals surface area contributed by atoms with Gasteiger partial charge in [0.1, 0.15) is 5.82 Å². The van der Waals surface area contributed by atoms with Crippen LogP contribution in [0.25, 0.3) is 33.6 Å². The van der Waals surface area contributed by atoms with Gasteiger partial charge < -0.3 is 5.73 Å². The summed E-state index contributed by atoms with van der Waals surface area (Å²) in [6, 6.07) is 14.7. The van der Waals surface area contributed by atoms with Gasteiger partial charge in [0.05, 0.1) is 23.6 Å². The standard InChI is InChI=1S/C23H24N6/c24-23-20(22-12-21(27-28-22)16-7-3-1-4-8-16)11-17(13-25-23)18-14-26-29(15-18)19-9-5-2-6-10-19/h1,3-4,7-8,11-15,19H,2,5-6,9-10H2,(H2,24,25)(H,27,28). The molecule has 4 aromatic rings. The summed E-state index contributed by atoms with van der Waals surface area (Å²) in [5.41, 5.74) is 11.9. The molecule has 0 atom stereocenters. The van der Waals surface area contributed by atoms with Gasteiger partial charge >= 0.3 is 0 Å². The summed E-state index contributed by atoms with van der Waals surface area (Å²) in [6.45, 7) is 0. The molecular formula is C23H24N6. The van der Waals surface area contributed by atoms with E-state index in [-0.39, 0.29) is 0 Å². The normalized spacial score (nSPS) is 14.9. The average Bonchev–Trinajstić information content (AvgIpc) is 3.46. The van der Waals surface area contributed by atoms with E-state index in [0.29, 0.717) is 11.9 Å². The highest BCUT2D eigenvalue weighted by molar-refractivity contribution is 5.79. The summed E-state index contributed by atoms with van der Waals surface area (Å²) < 4.78 is 2.12. The number of anilines is 1. The van der Waals surface area contributed by atoms with Crippen LogP contribution in [0.3, 0.4) is 0 Å². The second kappa shape index (κ2) is 7.54. The lowest BCUT2D eigenvalue weighted by molar-refractivity contribution is 0.329. The minimum atomic E-state index is 0.483. The summed E-state index contributed by atoms with van der Waals surface area (Å²) in [5, 5.41) is 12.2. The van der Waals surface area contributed by atoms with Crippen molar-refractivity contribution >= 4 is 5.82 Å². The fourth-order valence-corrected chi connectivity index (χ4v) is 4.10. The van der Waals surface area contributed by atoms with Crippen LogP contribution in [-0.2, 0) is 0 Å². The molecule has 0 saturated heterocycles. The molecule has 1 saturated carbocycles. The van der Waals surface area contributed by atoms with E-state index < -0.39 is 0 Å². The van der Waals surface area contributed by atoms with E-state index in [2.05, 4.69) is 37.2 Å². The first kappa shape index (κ1) is 17.7. The van der Waals surface area contributed by atoms with Crippen molar-refractivity contribution in [3.8, 4) is 33.6 Å². The first-order valence-corrected chi connectivity index (χ1v) is 10.2. The molecular weight excluding hydrogens is 360 g/mol. The van der Waals surface area contributed by atoms with Gasteiger partial charge in [0.25, 0.3) is 0 Å². The summed E-state index contributed by atoms with van der Waals surface area (Å²) in [6.07, 6.45) is 12.2. The summed E-state index contributed by atoms with van der Waals surface area (Å²) in [5.74, 6) is 0.483. The van der Waals surface area contributed by atoms with Crippen LogP contribution in [0.2, 0.25) is 0 Å². The first-order chi connectivity index (χ1) is 14.3. The molecule has 29 heavy (non-hydrogen) atoms. The predicted octanol–water partition coefficient (Wildman–Crippen LogP) is 5.09. The number of aromatic amines is 1. The Labute approximate surface area is 169 Å². The number of hydrogen-bond acceptors (Lipinski definition) is 4. The Kier molecular flexibility index (Phi) is 4.60. The fraction of sp³-hybridized carbons (Fsp3) is 0.261. The Morgan fingerprint density at radius 3 is 2.59 bits per heavy atom. The molecule has 3 aromatic heterocycles. The van der Waals surface area contributed by atoms with Gasteiger partial charge in [-0.1, -0.05) is 49.6 Å². The number of hydrogen-bond donors (Lipinski definition) is 2. The maximum absolute atomic E-state index is 6.19. The highest BCUT2D eigenvalue weighted by Crippen LogP contribution is 2.32. The zero-order chi connectivity index (χ0) is 19.6. The third-order valence-corrected chi connectivity index (χ3v) is 5.74. The summed E-state index contributed by atoms with van der Waals surface area (Å²) in [4.78, 5) is 4.43. The lowest BCUT2D eigenvalue weighted by Gasteiger charge is -2.21. The van der Waals surface area contributed by atoms with Crippen molar-refractivity contribution in [2.45, 2.75) is 38.1 Å². The van der Waals surface area contributed by atoms with Crippen LogP contribution in [0.4, 0.5) is 5.82 Å². The van der Waals surface area contributed by atoms with Crippen molar-refractivity contribution in [2.75, 3.05) is 5.73 Å². The molecule has 1 aliphatic carbocycles. The predicted molar refractivity (Wildman–Crippen MR) is 115 cm³/mol. The summed E-state index contributed by atoms with van der Waals surface area (Å²) >= 11 is 0. The van der Waals surface area contributed by atoms with Crippen molar-refractivity contribution in [1.29, 1.82) is 0 Å². The molecule has 146 valence electrons. The van der Waals surface area contributed by atoms with E-state index in [4.69, 9.17) is 5.73 Å². The Morgan fingerprint density at radius 2 is 1.76 bits per heavy atom.